The van der Waals surface area contributed by atoms with Crippen molar-refractivity contribution in [1.29, 1.82) is 0 Å². The average molecular weight is 290 g/mol. The predicted molar refractivity (Wildman–Crippen MR) is 74.6 cm³/mol. The molecule has 0 saturated heterocycles. The Balaban J connectivity index is 2.30. The number of hydrogen-bond acceptors (Lipinski definition) is 2. The number of para-hydroxylation sites is 1. The molecule has 0 aliphatic heterocycles. The molecule has 0 spiro atoms. The van der Waals surface area contributed by atoms with Crippen molar-refractivity contribution in [2.75, 3.05) is 31.5 Å². The molecule has 0 unspecified atom stereocenters. The van der Waals surface area contributed by atoms with Crippen LogP contribution in [-0.4, -0.2) is 42.3 Å². The zero-order valence-electron chi connectivity index (χ0n) is 10.1. The summed E-state index contributed by atoms with van der Waals surface area (Å²) in [5.41, 5.74) is 0. The Bertz CT molecular complexity index is 340. The molecule has 0 aliphatic carbocycles. The Hall–Kier alpha value is -0.930. The molecular formula is C13H17Cl2NO2. The molecule has 3 nitrogen and oxygen atoms in total. The first-order chi connectivity index (χ1) is 8.77. The van der Waals surface area contributed by atoms with Crippen LogP contribution in [0.1, 0.15) is 6.42 Å². The van der Waals surface area contributed by atoms with Gasteiger partial charge in [0.15, 0.2) is 0 Å². The lowest BCUT2D eigenvalue weighted by Crippen LogP contribution is -2.35. The highest BCUT2D eigenvalue weighted by atomic mass is 35.5. The molecule has 0 heterocycles. The molecule has 5 heteroatoms. The van der Waals surface area contributed by atoms with Crippen molar-refractivity contribution in [3.8, 4) is 5.75 Å². The monoisotopic (exact) mass is 289 g/mol. The van der Waals surface area contributed by atoms with E-state index in [0.717, 1.165) is 5.75 Å². The molecule has 0 fully saturated rings. The first kappa shape index (κ1) is 15.1. The quantitative estimate of drug-likeness (QED) is 0.689. The average Bonchev–Trinajstić information content (AvgIpc) is 2.39. The van der Waals surface area contributed by atoms with E-state index in [0.29, 0.717) is 37.9 Å². The molecule has 1 aromatic rings. The second-order valence-electron chi connectivity index (χ2n) is 3.67. The van der Waals surface area contributed by atoms with Crippen LogP contribution in [0.5, 0.6) is 5.75 Å². The lowest BCUT2D eigenvalue weighted by atomic mass is 10.3. The lowest BCUT2D eigenvalue weighted by molar-refractivity contribution is -0.131. The number of halogens is 2. The van der Waals surface area contributed by atoms with Gasteiger partial charge in [-0.25, -0.2) is 0 Å². The molecule has 1 amide bonds. The van der Waals surface area contributed by atoms with E-state index in [1.54, 1.807) is 4.90 Å². The van der Waals surface area contributed by atoms with Gasteiger partial charge in [-0.05, 0) is 12.1 Å². The second kappa shape index (κ2) is 9.06. The Morgan fingerprint density at radius 1 is 1.11 bits per heavy atom. The molecule has 100 valence electrons. The third-order valence-electron chi connectivity index (χ3n) is 2.39. The molecule has 0 radical (unpaired) electrons. The fourth-order valence-corrected chi connectivity index (χ4v) is 1.90. The van der Waals surface area contributed by atoms with Gasteiger partial charge in [0.25, 0.3) is 0 Å². The maximum atomic E-state index is 11.8. The van der Waals surface area contributed by atoms with Gasteiger partial charge in [0, 0.05) is 24.8 Å². The van der Waals surface area contributed by atoms with Crippen LogP contribution in [0.4, 0.5) is 0 Å². The van der Waals surface area contributed by atoms with E-state index in [1.807, 2.05) is 30.3 Å². The Morgan fingerprint density at radius 2 is 1.72 bits per heavy atom. The van der Waals surface area contributed by atoms with Crippen molar-refractivity contribution in [2.45, 2.75) is 6.42 Å². The fourth-order valence-electron chi connectivity index (χ4n) is 1.50. The Labute approximate surface area is 118 Å². The highest BCUT2D eigenvalue weighted by molar-refractivity contribution is 6.18. The summed E-state index contributed by atoms with van der Waals surface area (Å²) in [6.07, 6.45) is 0.336. The summed E-state index contributed by atoms with van der Waals surface area (Å²) in [5, 5.41) is 0. The van der Waals surface area contributed by atoms with Crippen molar-refractivity contribution in [3.63, 3.8) is 0 Å². The number of carbonyl (C=O) groups is 1. The van der Waals surface area contributed by atoms with Gasteiger partial charge >= 0.3 is 0 Å². The molecule has 0 aliphatic rings. The van der Waals surface area contributed by atoms with Crippen LogP contribution in [0.3, 0.4) is 0 Å². The third kappa shape index (κ3) is 5.61. The number of ether oxygens (including phenoxy) is 1. The van der Waals surface area contributed by atoms with Crippen LogP contribution in [0.15, 0.2) is 30.3 Å². The van der Waals surface area contributed by atoms with Gasteiger partial charge in [-0.2, -0.15) is 0 Å². The SMILES string of the molecule is O=C(CCOc1ccccc1)N(CCCl)CCCl. The minimum Gasteiger partial charge on any atom is -0.493 e. The summed E-state index contributed by atoms with van der Waals surface area (Å²) in [6.45, 7) is 1.42. The largest absolute Gasteiger partial charge is 0.493 e. The number of rotatable bonds is 8. The van der Waals surface area contributed by atoms with Crippen LogP contribution in [0.2, 0.25) is 0 Å². The first-order valence-electron chi connectivity index (χ1n) is 5.85. The smallest absolute Gasteiger partial charge is 0.226 e. The fraction of sp³-hybridized carbons (Fsp3) is 0.462. The van der Waals surface area contributed by atoms with Crippen molar-refractivity contribution in [2.24, 2.45) is 0 Å². The van der Waals surface area contributed by atoms with Crippen molar-refractivity contribution >= 4 is 29.1 Å². The summed E-state index contributed by atoms with van der Waals surface area (Å²) in [6, 6.07) is 9.43. The summed E-state index contributed by atoms with van der Waals surface area (Å²) < 4.78 is 5.47. The van der Waals surface area contributed by atoms with Crippen LogP contribution in [0, 0.1) is 0 Å². The van der Waals surface area contributed by atoms with E-state index >= 15 is 0 Å². The third-order valence-corrected chi connectivity index (χ3v) is 2.73. The minimum atomic E-state index is 0.0206. The van der Waals surface area contributed by atoms with Gasteiger partial charge in [0.1, 0.15) is 5.75 Å². The lowest BCUT2D eigenvalue weighted by Gasteiger charge is -2.20. The standard InChI is InChI=1S/C13H17Cl2NO2/c14-7-9-16(10-8-15)13(17)6-11-18-12-4-2-1-3-5-12/h1-5H,6-11H2. The van der Waals surface area contributed by atoms with Crippen LogP contribution in [-0.2, 0) is 4.79 Å². The molecule has 0 saturated carbocycles. The van der Waals surface area contributed by atoms with Crippen LogP contribution >= 0.6 is 23.2 Å². The van der Waals surface area contributed by atoms with E-state index in [-0.39, 0.29) is 5.91 Å². The van der Waals surface area contributed by atoms with Crippen LogP contribution < -0.4 is 4.74 Å². The van der Waals surface area contributed by atoms with E-state index in [1.165, 1.54) is 0 Å². The van der Waals surface area contributed by atoms with E-state index in [9.17, 15) is 4.79 Å². The molecular weight excluding hydrogens is 273 g/mol. The van der Waals surface area contributed by atoms with E-state index in [2.05, 4.69) is 0 Å². The Kier molecular flexibility index (Phi) is 7.62. The van der Waals surface area contributed by atoms with Gasteiger partial charge in [-0.3, -0.25) is 4.79 Å². The normalized spacial score (nSPS) is 10.1. The number of nitrogens with zero attached hydrogens (tertiary/aromatic N) is 1. The highest BCUT2D eigenvalue weighted by Gasteiger charge is 2.12. The Morgan fingerprint density at radius 3 is 2.28 bits per heavy atom. The van der Waals surface area contributed by atoms with Gasteiger partial charge in [-0.15, -0.1) is 23.2 Å². The molecule has 0 bridgehead atoms. The molecule has 0 aromatic heterocycles. The number of alkyl halides is 2. The number of carbonyl (C=O) groups excluding carboxylic acids is 1. The maximum Gasteiger partial charge on any atom is 0.226 e. The molecule has 1 rings (SSSR count). The minimum absolute atomic E-state index is 0.0206. The zero-order valence-corrected chi connectivity index (χ0v) is 11.7. The van der Waals surface area contributed by atoms with Crippen molar-refractivity contribution < 1.29 is 9.53 Å². The van der Waals surface area contributed by atoms with Gasteiger partial charge in [0.2, 0.25) is 5.91 Å². The maximum absolute atomic E-state index is 11.8. The summed E-state index contributed by atoms with van der Waals surface area (Å²) in [4.78, 5) is 13.5. The van der Waals surface area contributed by atoms with Crippen LogP contribution in [0.25, 0.3) is 0 Å². The highest BCUT2D eigenvalue weighted by Crippen LogP contribution is 2.08. The molecule has 18 heavy (non-hydrogen) atoms. The number of hydrogen-bond donors (Lipinski definition) is 0. The van der Waals surface area contributed by atoms with E-state index < -0.39 is 0 Å². The van der Waals surface area contributed by atoms with Crippen molar-refractivity contribution in [3.05, 3.63) is 30.3 Å². The predicted octanol–water partition coefficient (Wildman–Crippen LogP) is 2.76. The summed E-state index contributed by atoms with van der Waals surface area (Å²) >= 11 is 11.3. The molecule has 1 aromatic carbocycles. The van der Waals surface area contributed by atoms with Gasteiger partial charge in [-0.1, -0.05) is 18.2 Å². The number of amides is 1. The van der Waals surface area contributed by atoms with E-state index in [4.69, 9.17) is 27.9 Å². The van der Waals surface area contributed by atoms with Gasteiger partial charge in [0.05, 0.1) is 13.0 Å². The van der Waals surface area contributed by atoms with Gasteiger partial charge < -0.3 is 9.64 Å². The zero-order chi connectivity index (χ0) is 13.2. The first-order valence-corrected chi connectivity index (χ1v) is 6.92. The summed E-state index contributed by atoms with van der Waals surface area (Å²) in [7, 11) is 0. The second-order valence-corrected chi connectivity index (χ2v) is 4.43. The summed E-state index contributed by atoms with van der Waals surface area (Å²) in [5.74, 6) is 1.63. The molecule has 0 atom stereocenters. The number of benzene rings is 1. The van der Waals surface area contributed by atoms with Crippen molar-refractivity contribution in [1.82, 2.24) is 4.90 Å². The topological polar surface area (TPSA) is 29.5 Å². The molecule has 0 N–H and O–H groups in total.